The Balaban J connectivity index is 1.37. The van der Waals surface area contributed by atoms with Gasteiger partial charge >= 0.3 is 0 Å². The highest BCUT2D eigenvalue weighted by atomic mass is 15.1. The summed E-state index contributed by atoms with van der Waals surface area (Å²) in [7, 11) is 0. The van der Waals surface area contributed by atoms with E-state index in [-0.39, 0.29) is 0 Å². The molecule has 3 heterocycles. The zero-order valence-electron chi connectivity index (χ0n) is 12.0. The summed E-state index contributed by atoms with van der Waals surface area (Å²) < 4.78 is 2.29. The van der Waals surface area contributed by atoms with Gasteiger partial charge in [0.2, 0.25) is 0 Å². The number of para-hydroxylation sites is 1. The van der Waals surface area contributed by atoms with Crippen LogP contribution in [0.15, 0.2) is 42.9 Å². The van der Waals surface area contributed by atoms with Gasteiger partial charge < -0.3 is 14.9 Å². The van der Waals surface area contributed by atoms with Gasteiger partial charge in [-0.1, -0.05) is 18.2 Å². The summed E-state index contributed by atoms with van der Waals surface area (Å²) in [6.07, 6.45) is 8.36. The number of hydrogen-bond donors (Lipinski definition) is 2. The van der Waals surface area contributed by atoms with Gasteiger partial charge in [0.1, 0.15) is 5.82 Å². The van der Waals surface area contributed by atoms with Crippen LogP contribution in [0.25, 0.3) is 10.9 Å². The molecule has 0 fully saturated rings. The number of nitrogens with zero attached hydrogens (tertiary/aromatic N) is 2. The molecular weight excluding hydrogens is 260 g/mol. The molecular formula is C17H20N4. The van der Waals surface area contributed by atoms with Gasteiger partial charge in [0.15, 0.2) is 0 Å². The molecule has 0 unspecified atom stereocenters. The van der Waals surface area contributed by atoms with Crippen molar-refractivity contribution in [1.82, 2.24) is 19.9 Å². The molecule has 0 radical (unpaired) electrons. The van der Waals surface area contributed by atoms with Crippen molar-refractivity contribution < 1.29 is 0 Å². The maximum Gasteiger partial charge on any atom is 0.108 e. The summed E-state index contributed by atoms with van der Waals surface area (Å²) in [5.74, 6) is 1.94. The third-order valence-corrected chi connectivity index (χ3v) is 4.45. The van der Waals surface area contributed by atoms with Crippen molar-refractivity contribution in [2.24, 2.45) is 5.92 Å². The van der Waals surface area contributed by atoms with Crippen molar-refractivity contribution in [3.05, 3.63) is 54.2 Å². The number of aromatic nitrogens is 3. The first-order valence-corrected chi connectivity index (χ1v) is 7.66. The molecule has 1 atom stereocenters. The Kier molecular flexibility index (Phi) is 3.24. The van der Waals surface area contributed by atoms with Crippen LogP contribution in [0.4, 0.5) is 0 Å². The molecule has 2 N–H and O–H groups in total. The maximum absolute atomic E-state index is 4.39. The van der Waals surface area contributed by atoms with Gasteiger partial charge in [-0.3, -0.25) is 0 Å². The molecule has 2 aromatic heterocycles. The first-order chi connectivity index (χ1) is 10.4. The molecule has 0 spiro atoms. The fourth-order valence-electron chi connectivity index (χ4n) is 3.31. The highest BCUT2D eigenvalue weighted by Gasteiger charge is 2.18. The molecule has 0 aliphatic carbocycles. The number of imidazole rings is 1. The van der Waals surface area contributed by atoms with Gasteiger partial charge in [0.05, 0.1) is 0 Å². The van der Waals surface area contributed by atoms with Crippen molar-refractivity contribution in [3.63, 3.8) is 0 Å². The van der Waals surface area contributed by atoms with Crippen LogP contribution >= 0.6 is 0 Å². The second kappa shape index (κ2) is 5.37. The fourth-order valence-corrected chi connectivity index (χ4v) is 3.31. The highest BCUT2D eigenvalue weighted by molar-refractivity contribution is 5.82. The summed E-state index contributed by atoms with van der Waals surface area (Å²) in [6.45, 7) is 3.08. The molecule has 3 aromatic rings. The molecule has 1 aliphatic rings. The monoisotopic (exact) mass is 280 g/mol. The summed E-state index contributed by atoms with van der Waals surface area (Å²) in [5, 5.41) is 4.91. The van der Waals surface area contributed by atoms with E-state index in [9.17, 15) is 0 Å². The smallest absolute Gasteiger partial charge is 0.108 e. The van der Waals surface area contributed by atoms with Gasteiger partial charge in [0.25, 0.3) is 0 Å². The van der Waals surface area contributed by atoms with Crippen LogP contribution in [-0.4, -0.2) is 21.1 Å². The third kappa shape index (κ3) is 2.47. The topological polar surface area (TPSA) is 45.6 Å². The van der Waals surface area contributed by atoms with E-state index in [2.05, 4.69) is 50.3 Å². The van der Waals surface area contributed by atoms with E-state index < -0.39 is 0 Å². The van der Waals surface area contributed by atoms with Gasteiger partial charge in [0, 0.05) is 43.6 Å². The van der Waals surface area contributed by atoms with Crippen LogP contribution in [0.1, 0.15) is 17.8 Å². The SMILES string of the molecule is c1cc(CNC[C@H]2CCc3nccn3C2)c2[nH]ccc2c1. The Bertz CT molecular complexity index is 740. The molecule has 0 bridgehead atoms. The van der Waals surface area contributed by atoms with E-state index in [1.54, 1.807) is 0 Å². The van der Waals surface area contributed by atoms with Crippen LogP contribution < -0.4 is 5.32 Å². The number of benzene rings is 1. The number of fused-ring (bicyclic) bond motifs is 2. The first-order valence-electron chi connectivity index (χ1n) is 7.66. The minimum absolute atomic E-state index is 0.703. The Morgan fingerprint density at radius 2 is 2.33 bits per heavy atom. The minimum atomic E-state index is 0.703. The average Bonchev–Trinajstić information content (AvgIpc) is 3.15. The van der Waals surface area contributed by atoms with Crippen molar-refractivity contribution in [2.45, 2.75) is 25.9 Å². The molecule has 1 aliphatic heterocycles. The molecule has 0 saturated carbocycles. The van der Waals surface area contributed by atoms with Gasteiger partial charge in [-0.15, -0.1) is 0 Å². The van der Waals surface area contributed by atoms with E-state index in [1.165, 1.54) is 28.7 Å². The number of aryl methyl sites for hydroxylation is 1. The third-order valence-electron chi connectivity index (χ3n) is 4.45. The fraction of sp³-hybridized carbons (Fsp3) is 0.353. The van der Waals surface area contributed by atoms with Gasteiger partial charge in [-0.2, -0.15) is 0 Å². The van der Waals surface area contributed by atoms with Crippen molar-refractivity contribution in [1.29, 1.82) is 0 Å². The lowest BCUT2D eigenvalue weighted by molar-refractivity contribution is 0.347. The summed E-state index contributed by atoms with van der Waals surface area (Å²) in [5.41, 5.74) is 2.60. The lowest BCUT2D eigenvalue weighted by Gasteiger charge is -2.24. The van der Waals surface area contributed by atoms with Gasteiger partial charge in [-0.25, -0.2) is 4.98 Å². The quantitative estimate of drug-likeness (QED) is 0.772. The van der Waals surface area contributed by atoms with Crippen LogP contribution in [-0.2, 0) is 19.5 Å². The van der Waals surface area contributed by atoms with Crippen molar-refractivity contribution in [3.8, 4) is 0 Å². The van der Waals surface area contributed by atoms with Gasteiger partial charge in [-0.05, 0) is 35.9 Å². The largest absolute Gasteiger partial charge is 0.361 e. The predicted molar refractivity (Wildman–Crippen MR) is 84.0 cm³/mol. The maximum atomic E-state index is 4.39. The molecule has 1 aromatic carbocycles. The zero-order valence-corrected chi connectivity index (χ0v) is 12.0. The number of rotatable bonds is 4. The summed E-state index contributed by atoms with van der Waals surface area (Å²) in [4.78, 5) is 7.72. The van der Waals surface area contributed by atoms with Crippen LogP contribution in [0, 0.1) is 5.92 Å². The number of hydrogen-bond acceptors (Lipinski definition) is 2. The number of aromatic amines is 1. The van der Waals surface area contributed by atoms with E-state index in [0.29, 0.717) is 5.92 Å². The molecule has 108 valence electrons. The van der Waals surface area contributed by atoms with Crippen LogP contribution in [0.3, 0.4) is 0 Å². The minimum Gasteiger partial charge on any atom is -0.361 e. The van der Waals surface area contributed by atoms with Crippen LogP contribution in [0.2, 0.25) is 0 Å². The van der Waals surface area contributed by atoms with Crippen LogP contribution in [0.5, 0.6) is 0 Å². The standard InChI is InChI=1S/C17H20N4/c1-2-14-6-7-20-17(14)15(3-1)11-18-10-13-4-5-16-19-8-9-21(16)12-13/h1-3,6-9,13,18,20H,4-5,10-12H2/t13-/m1/s1. The molecule has 0 amide bonds. The normalized spacial score (nSPS) is 18.0. The van der Waals surface area contributed by atoms with E-state index in [1.807, 2.05) is 12.4 Å². The first kappa shape index (κ1) is 12.7. The predicted octanol–water partition coefficient (Wildman–Crippen LogP) is 2.72. The Morgan fingerprint density at radius 3 is 3.33 bits per heavy atom. The number of nitrogens with one attached hydrogen (secondary N) is 2. The van der Waals surface area contributed by atoms with Crippen molar-refractivity contribution >= 4 is 10.9 Å². The molecule has 4 nitrogen and oxygen atoms in total. The molecule has 21 heavy (non-hydrogen) atoms. The second-order valence-electron chi connectivity index (χ2n) is 5.89. The zero-order chi connectivity index (χ0) is 14.1. The van der Waals surface area contributed by atoms with E-state index in [4.69, 9.17) is 0 Å². The van der Waals surface area contributed by atoms with E-state index >= 15 is 0 Å². The molecule has 4 rings (SSSR count). The summed E-state index contributed by atoms with van der Waals surface area (Å²) >= 11 is 0. The lowest BCUT2D eigenvalue weighted by Crippen LogP contribution is -2.29. The highest BCUT2D eigenvalue weighted by Crippen LogP contribution is 2.19. The van der Waals surface area contributed by atoms with Crippen molar-refractivity contribution in [2.75, 3.05) is 6.54 Å². The second-order valence-corrected chi connectivity index (χ2v) is 5.89. The summed E-state index contributed by atoms with van der Waals surface area (Å²) in [6, 6.07) is 8.60. The molecule has 4 heteroatoms. The Labute approximate surface area is 124 Å². The lowest BCUT2D eigenvalue weighted by atomic mass is 9.99. The number of H-pyrrole nitrogens is 1. The average molecular weight is 280 g/mol. The Hall–Kier alpha value is -2.07. The van der Waals surface area contributed by atoms with E-state index in [0.717, 1.165) is 26.1 Å². The Morgan fingerprint density at radius 1 is 1.33 bits per heavy atom. The molecule has 0 saturated heterocycles.